The first-order valence-electron chi connectivity index (χ1n) is 10.4. The molecule has 1 amide bonds. The van der Waals surface area contributed by atoms with Gasteiger partial charge in [0.15, 0.2) is 6.61 Å². The maximum atomic E-state index is 12.6. The number of amides is 1. The Kier molecular flexibility index (Phi) is 7.29. The number of carbonyl (C=O) groups excluding carboxylic acids is 2. The van der Waals surface area contributed by atoms with E-state index in [1.807, 2.05) is 6.92 Å². The van der Waals surface area contributed by atoms with Crippen molar-refractivity contribution in [3.8, 4) is 0 Å². The third-order valence-electron chi connectivity index (χ3n) is 5.58. The van der Waals surface area contributed by atoms with E-state index in [0.29, 0.717) is 25.4 Å². The molecule has 160 valence electrons. The molecule has 1 aliphatic heterocycles. The van der Waals surface area contributed by atoms with Gasteiger partial charge < -0.3 is 10.1 Å². The number of hydrogen-bond acceptors (Lipinski definition) is 5. The second-order valence-corrected chi connectivity index (χ2v) is 9.90. The number of esters is 1. The van der Waals surface area contributed by atoms with E-state index in [9.17, 15) is 18.0 Å². The minimum atomic E-state index is -3.44. The summed E-state index contributed by atoms with van der Waals surface area (Å²) >= 11 is 0. The zero-order valence-corrected chi connectivity index (χ0v) is 17.7. The smallest absolute Gasteiger partial charge is 0.306 e. The van der Waals surface area contributed by atoms with Gasteiger partial charge in [0.1, 0.15) is 0 Å². The molecule has 1 atom stereocenters. The fraction of sp³-hybridized carbons (Fsp3) is 0.619. The molecule has 8 heteroatoms. The average molecular weight is 423 g/mol. The summed E-state index contributed by atoms with van der Waals surface area (Å²) in [6.45, 7) is 2.85. The summed E-state index contributed by atoms with van der Waals surface area (Å²) in [5.74, 6) is -0.161. The number of benzene rings is 1. The predicted octanol–water partition coefficient (Wildman–Crippen LogP) is 2.25. The lowest BCUT2D eigenvalue weighted by Gasteiger charge is -2.25. The summed E-state index contributed by atoms with van der Waals surface area (Å²) in [7, 11) is -3.44. The Bertz CT molecular complexity index is 812. The summed E-state index contributed by atoms with van der Waals surface area (Å²) in [5, 5.41) is 2.84. The lowest BCUT2D eigenvalue weighted by atomic mass is 10.1. The number of sulfonamides is 1. The first-order chi connectivity index (χ1) is 13.9. The van der Waals surface area contributed by atoms with Crippen LogP contribution >= 0.6 is 0 Å². The lowest BCUT2D eigenvalue weighted by Crippen LogP contribution is -2.37. The van der Waals surface area contributed by atoms with Crippen molar-refractivity contribution < 1.29 is 22.7 Å². The van der Waals surface area contributed by atoms with Gasteiger partial charge in [-0.1, -0.05) is 18.6 Å². The van der Waals surface area contributed by atoms with Crippen LogP contribution < -0.4 is 5.32 Å². The van der Waals surface area contributed by atoms with E-state index in [2.05, 4.69) is 5.32 Å². The number of rotatable bonds is 9. The van der Waals surface area contributed by atoms with E-state index in [4.69, 9.17) is 4.74 Å². The second kappa shape index (κ2) is 9.71. The van der Waals surface area contributed by atoms with E-state index in [-0.39, 0.29) is 29.9 Å². The van der Waals surface area contributed by atoms with E-state index in [1.165, 1.54) is 4.31 Å². The number of carbonyl (C=O) groups is 2. The number of ether oxygens (including phenoxy) is 1. The molecule has 1 aromatic carbocycles. The highest BCUT2D eigenvalue weighted by molar-refractivity contribution is 7.89. The van der Waals surface area contributed by atoms with Gasteiger partial charge in [-0.2, -0.15) is 4.31 Å². The molecule has 0 radical (unpaired) electrons. The van der Waals surface area contributed by atoms with Gasteiger partial charge in [0, 0.05) is 25.6 Å². The van der Waals surface area contributed by atoms with Crippen molar-refractivity contribution in [2.45, 2.75) is 62.8 Å². The Hall–Kier alpha value is -1.93. The van der Waals surface area contributed by atoms with Gasteiger partial charge in [0.2, 0.25) is 10.0 Å². The van der Waals surface area contributed by atoms with Crippen LogP contribution in [0.5, 0.6) is 0 Å². The SMILES string of the molecule is C[C@@H](NC(=O)COC(=O)CCc1ccc(S(=O)(=O)N2CCCCC2)cc1)C1CC1. The van der Waals surface area contributed by atoms with Crippen molar-refractivity contribution in [3.05, 3.63) is 29.8 Å². The fourth-order valence-corrected chi connectivity index (χ4v) is 5.07. The van der Waals surface area contributed by atoms with Crippen molar-refractivity contribution in [2.24, 2.45) is 5.92 Å². The molecule has 1 aliphatic carbocycles. The molecular formula is C21H30N2O5S. The Morgan fingerprint density at radius 3 is 2.41 bits per heavy atom. The number of piperidine rings is 1. The molecular weight excluding hydrogens is 392 g/mol. The van der Waals surface area contributed by atoms with Gasteiger partial charge >= 0.3 is 5.97 Å². The Morgan fingerprint density at radius 2 is 1.79 bits per heavy atom. The Balaban J connectivity index is 1.42. The highest BCUT2D eigenvalue weighted by Gasteiger charge is 2.29. The van der Waals surface area contributed by atoms with Crippen LogP contribution in [-0.4, -0.2) is 50.3 Å². The molecule has 29 heavy (non-hydrogen) atoms. The third kappa shape index (κ3) is 6.27. The normalized spacial score (nSPS) is 18.8. The summed E-state index contributed by atoms with van der Waals surface area (Å²) in [5.41, 5.74) is 0.853. The standard InChI is InChI=1S/C21H30N2O5S/c1-16(18-8-9-18)22-20(24)15-28-21(25)12-7-17-5-10-19(11-6-17)29(26,27)23-13-3-2-4-14-23/h5-6,10-11,16,18H,2-4,7-9,12-15H2,1H3,(H,22,24)/t16-/m1/s1. The van der Waals surface area contributed by atoms with E-state index >= 15 is 0 Å². The molecule has 1 saturated heterocycles. The zero-order valence-electron chi connectivity index (χ0n) is 16.9. The van der Waals surface area contributed by atoms with Gasteiger partial charge in [-0.15, -0.1) is 0 Å². The number of hydrogen-bond donors (Lipinski definition) is 1. The van der Waals surface area contributed by atoms with Crippen LogP contribution in [0.25, 0.3) is 0 Å². The van der Waals surface area contributed by atoms with Crippen LogP contribution in [0.1, 0.15) is 51.0 Å². The predicted molar refractivity (Wildman–Crippen MR) is 109 cm³/mol. The zero-order chi connectivity index (χ0) is 20.9. The summed E-state index contributed by atoms with van der Waals surface area (Å²) in [6, 6.07) is 6.78. The topological polar surface area (TPSA) is 92.8 Å². The van der Waals surface area contributed by atoms with Gasteiger partial charge in [-0.25, -0.2) is 8.42 Å². The van der Waals surface area contributed by atoms with Crippen LogP contribution in [-0.2, 0) is 30.8 Å². The first kappa shape index (κ1) is 21.8. The molecule has 0 unspecified atom stereocenters. The van der Waals surface area contributed by atoms with Gasteiger partial charge in [0.25, 0.3) is 5.91 Å². The summed E-state index contributed by atoms with van der Waals surface area (Å²) < 4.78 is 31.9. The van der Waals surface area contributed by atoms with Crippen molar-refractivity contribution in [1.29, 1.82) is 0 Å². The van der Waals surface area contributed by atoms with Crippen molar-refractivity contribution in [2.75, 3.05) is 19.7 Å². The van der Waals surface area contributed by atoms with Crippen LogP contribution in [0.3, 0.4) is 0 Å². The molecule has 3 rings (SSSR count). The van der Waals surface area contributed by atoms with Crippen LogP contribution in [0.2, 0.25) is 0 Å². The second-order valence-electron chi connectivity index (χ2n) is 7.96. The summed E-state index contributed by atoms with van der Waals surface area (Å²) in [4.78, 5) is 23.9. The van der Waals surface area contributed by atoms with Crippen LogP contribution in [0.15, 0.2) is 29.2 Å². The van der Waals surface area contributed by atoms with Gasteiger partial charge in [-0.05, 0) is 62.6 Å². The minimum Gasteiger partial charge on any atom is -0.456 e. The average Bonchev–Trinajstić information content (AvgIpc) is 3.57. The number of aryl methyl sites for hydroxylation is 1. The van der Waals surface area contributed by atoms with Crippen molar-refractivity contribution in [1.82, 2.24) is 9.62 Å². The molecule has 1 saturated carbocycles. The Labute approximate surface area is 172 Å². The fourth-order valence-electron chi connectivity index (χ4n) is 3.56. The number of nitrogens with one attached hydrogen (secondary N) is 1. The molecule has 7 nitrogen and oxygen atoms in total. The molecule has 0 bridgehead atoms. The van der Waals surface area contributed by atoms with Gasteiger partial charge in [-0.3, -0.25) is 9.59 Å². The maximum Gasteiger partial charge on any atom is 0.306 e. The number of nitrogens with zero attached hydrogens (tertiary/aromatic N) is 1. The third-order valence-corrected chi connectivity index (χ3v) is 7.49. The van der Waals surface area contributed by atoms with Crippen LogP contribution in [0.4, 0.5) is 0 Å². The lowest BCUT2D eigenvalue weighted by molar-refractivity contribution is -0.148. The monoisotopic (exact) mass is 422 g/mol. The molecule has 0 spiro atoms. The molecule has 2 fully saturated rings. The van der Waals surface area contributed by atoms with Crippen LogP contribution in [0, 0.1) is 5.92 Å². The van der Waals surface area contributed by atoms with Crippen molar-refractivity contribution in [3.63, 3.8) is 0 Å². The highest BCUT2D eigenvalue weighted by atomic mass is 32.2. The molecule has 1 N–H and O–H groups in total. The van der Waals surface area contributed by atoms with Crippen molar-refractivity contribution >= 4 is 21.9 Å². The minimum absolute atomic E-state index is 0.126. The quantitative estimate of drug-likeness (QED) is 0.616. The molecule has 2 aliphatic rings. The molecule has 1 heterocycles. The summed E-state index contributed by atoms with van der Waals surface area (Å²) in [6.07, 6.45) is 5.72. The first-order valence-corrected chi connectivity index (χ1v) is 11.8. The highest BCUT2D eigenvalue weighted by Crippen LogP contribution is 2.32. The van der Waals surface area contributed by atoms with E-state index in [1.54, 1.807) is 24.3 Å². The Morgan fingerprint density at radius 1 is 1.14 bits per heavy atom. The largest absolute Gasteiger partial charge is 0.456 e. The van der Waals surface area contributed by atoms with Gasteiger partial charge in [0.05, 0.1) is 4.90 Å². The van der Waals surface area contributed by atoms with E-state index in [0.717, 1.165) is 37.7 Å². The van der Waals surface area contributed by atoms with E-state index < -0.39 is 16.0 Å². The molecule has 1 aromatic rings. The molecule has 0 aromatic heterocycles. The maximum absolute atomic E-state index is 12.6.